The Balaban J connectivity index is 1.57. The quantitative estimate of drug-likeness (QED) is 0.863. The van der Waals surface area contributed by atoms with Gasteiger partial charge in [-0.2, -0.15) is 5.10 Å². The Bertz CT molecular complexity index is 704. The van der Waals surface area contributed by atoms with E-state index in [9.17, 15) is 0 Å². The Hall–Kier alpha value is -1.24. The van der Waals surface area contributed by atoms with Crippen molar-refractivity contribution in [2.24, 2.45) is 7.05 Å². The lowest BCUT2D eigenvalue weighted by atomic mass is 10.0. The Morgan fingerprint density at radius 2 is 2.17 bits per heavy atom. The Kier molecular flexibility index (Phi) is 3.99. The second-order valence-corrected chi connectivity index (χ2v) is 7.61. The second-order valence-electron chi connectivity index (χ2n) is 6.72. The summed E-state index contributed by atoms with van der Waals surface area (Å²) in [6.45, 7) is 7.65. The van der Waals surface area contributed by atoms with Crippen LogP contribution in [0, 0.1) is 13.8 Å². The first kappa shape index (κ1) is 15.3. The number of nitrogens with zero attached hydrogens (tertiary/aromatic N) is 4. The molecular weight excluding hydrogens is 308 g/mol. The van der Waals surface area contributed by atoms with Crippen LogP contribution in [0.2, 0.25) is 0 Å². The van der Waals surface area contributed by atoms with Gasteiger partial charge in [0.15, 0.2) is 0 Å². The van der Waals surface area contributed by atoms with Crippen LogP contribution in [0.4, 0.5) is 0 Å². The molecule has 1 atom stereocenters. The molecule has 6 heteroatoms. The Labute approximate surface area is 141 Å². The van der Waals surface area contributed by atoms with Gasteiger partial charge < -0.3 is 4.74 Å². The highest BCUT2D eigenvalue weighted by Gasteiger charge is 2.31. The molecular formula is C17H24N4OS. The molecule has 0 spiro atoms. The molecule has 0 N–H and O–H groups in total. The predicted molar refractivity (Wildman–Crippen MR) is 90.7 cm³/mol. The van der Waals surface area contributed by atoms with E-state index >= 15 is 0 Å². The molecule has 1 aliphatic carbocycles. The molecule has 2 aliphatic rings. The maximum atomic E-state index is 5.78. The van der Waals surface area contributed by atoms with Crippen LogP contribution in [-0.2, 0) is 18.3 Å². The highest BCUT2D eigenvalue weighted by molar-refractivity contribution is 7.09. The minimum absolute atomic E-state index is 0.281. The van der Waals surface area contributed by atoms with Gasteiger partial charge in [-0.25, -0.2) is 4.98 Å². The SMILES string of the molecule is Cc1nn(C)c(C)c1[C@H]1COCCN1Cc1csc(C2CC2)n1. The topological polar surface area (TPSA) is 43.2 Å². The minimum Gasteiger partial charge on any atom is -0.378 e. The van der Waals surface area contributed by atoms with E-state index in [1.807, 2.05) is 23.1 Å². The predicted octanol–water partition coefficient (Wildman–Crippen LogP) is 2.94. The van der Waals surface area contributed by atoms with Gasteiger partial charge in [-0.05, 0) is 26.7 Å². The summed E-state index contributed by atoms with van der Waals surface area (Å²) in [7, 11) is 2.02. The van der Waals surface area contributed by atoms with Crippen molar-refractivity contribution >= 4 is 11.3 Å². The third kappa shape index (κ3) is 2.95. The van der Waals surface area contributed by atoms with Crippen LogP contribution >= 0.6 is 11.3 Å². The van der Waals surface area contributed by atoms with Crippen LogP contribution < -0.4 is 0 Å². The van der Waals surface area contributed by atoms with Crippen molar-refractivity contribution in [2.75, 3.05) is 19.8 Å². The molecule has 3 heterocycles. The molecule has 124 valence electrons. The molecule has 1 saturated carbocycles. The monoisotopic (exact) mass is 332 g/mol. The van der Waals surface area contributed by atoms with Gasteiger partial charge in [0.1, 0.15) is 0 Å². The molecule has 0 unspecified atom stereocenters. The average molecular weight is 332 g/mol. The normalized spacial score (nSPS) is 22.7. The number of aryl methyl sites for hydroxylation is 2. The molecule has 0 bridgehead atoms. The smallest absolute Gasteiger partial charge is 0.0959 e. The second kappa shape index (κ2) is 6.00. The summed E-state index contributed by atoms with van der Waals surface area (Å²) in [6, 6.07) is 0.281. The largest absolute Gasteiger partial charge is 0.378 e. The van der Waals surface area contributed by atoms with Gasteiger partial charge in [-0.15, -0.1) is 11.3 Å². The minimum atomic E-state index is 0.281. The Morgan fingerprint density at radius 1 is 1.35 bits per heavy atom. The molecule has 2 fully saturated rings. The summed E-state index contributed by atoms with van der Waals surface area (Å²) in [6.07, 6.45) is 2.64. The van der Waals surface area contributed by atoms with Gasteiger partial charge in [0.2, 0.25) is 0 Å². The van der Waals surface area contributed by atoms with Crippen molar-refractivity contribution in [3.63, 3.8) is 0 Å². The van der Waals surface area contributed by atoms with Gasteiger partial charge in [-0.1, -0.05) is 0 Å². The van der Waals surface area contributed by atoms with Crippen LogP contribution in [-0.4, -0.2) is 39.4 Å². The number of aromatic nitrogens is 3. The fraction of sp³-hybridized carbons (Fsp3) is 0.647. The lowest BCUT2D eigenvalue weighted by molar-refractivity contribution is -0.0136. The number of hydrogen-bond acceptors (Lipinski definition) is 5. The summed E-state index contributed by atoms with van der Waals surface area (Å²) in [4.78, 5) is 7.37. The van der Waals surface area contributed by atoms with Crippen molar-refractivity contribution in [2.45, 2.75) is 45.2 Å². The summed E-state index contributed by atoms with van der Waals surface area (Å²) < 4.78 is 7.76. The van der Waals surface area contributed by atoms with Crippen LogP contribution in [0.15, 0.2) is 5.38 Å². The first-order valence-electron chi connectivity index (χ1n) is 8.39. The number of hydrogen-bond donors (Lipinski definition) is 0. The molecule has 0 aromatic carbocycles. The number of ether oxygens (including phenoxy) is 1. The summed E-state index contributed by atoms with van der Waals surface area (Å²) >= 11 is 1.83. The van der Waals surface area contributed by atoms with Crippen LogP contribution in [0.25, 0.3) is 0 Å². The average Bonchev–Trinajstić information content (AvgIpc) is 3.23. The van der Waals surface area contributed by atoms with Gasteiger partial charge in [0, 0.05) is 42.7 Å². The standard InChI is InChI=1S/C17H24N4OS/c1-11-16(12(2)20(3)19-11)15-9-22-7-6-21(15)8-14-10-23-17(18-14)13-4-5-13/h10,13,15H,4-9H2,1-3H3/t15-/m1/s1. The molecule has 0 amide bonds. The van der Waals surface area contributed by atoms with Crippen molar-refractivity contribution < 1.29 is 4.74 Å². The third-order valence-electron chi connectivity index (χ3n) is 5.00. The summed E-state index contributed by atoms with van der Waals surface area (Å²) in [5.41, 5.74) is 4.88. The van der Waals surface area contributed by atoms with Gasteiger partial charge in [0.25, 0.3) is 0 Å². The zero-order chi connectivity index (χ0) is 16.0. The molecule has 2 aromatic rings. The zero-order valence-corrected chi connectivity index (χ0v) is 14.9. The summed E-state index contributed by atoms with van der Waals surface area (Å²) in [5.74, 6) is 0.747. The maximum absolute atomic E-state index is 5.78. The van der Waals surface area contributed by atoms with E-state index in [1.165, 1.54) is 34.8 Å². The van der Waals surface area contributed by atoms with Crippen molar-refractivity contribution in [3.8, 4) is 0 Å². The van der Waals surface area contributed by atoms with Gasteiger partial charge in [0.05, 0.1) is 35.7 Å². The van der Waals surface area contributed by atoms with E-state index in [4.69, 9.17) is 9.72 Å². The van der Waals surface area contributed by atoms with E-state index in [2.05, 4.69) is 29.2 Å². The zero-order valence-electron chi connectivity index (χ0n) is 14.1. The Morgan fingerprint density at radius 3 is 2.87 bits per heavy atom. The van der Waals surface area contributed by atoms with E-state index < -0.39 is 0 Å². The van der Waals surface area contributed by atoms with E-state index in [1.54, 1.807) is 0 Å². The fourth-order valence-corrected chi connectivity index (χ4v) is 4.47. The maximum Gasteiger partial charge on any atom is 0.0959 e. The first-order chi connectivity index (χ1) is 11.1. The molecule has 23 heavy (non-hydrogen) atoms. The lowest BCUT2D eigenvalue weighted by Crippen LogP contribution is -2.39. The van der Waals surface area contributed by atoms with Crippen molar-refractivity contribution in [1.82, 2.24) is 19.7 Å². The van der Waals surface area contributed by atoms with E-state index in [-0.39, 0.29) is 6.04 Å². The van der Waals surface area contributed by atoms with Gasteiger partial charge >= 0.3 is 0 Å². The lowest BCUT2D eigenvalue weighted by Gasteiger charge is -2.35. The molecule has 2 aromatic heterocycles. The van der Waals surface area contributed by atoms with Crippen LogP contribution in [0.5, 0.6) is 0 Å². The number of thiazole rings is 1. The first-order valence-corrected chi connectivity index (χ1v) is 9.27. The molecule has 5 nitrogen and oxygen atoms in total. The number of rotatable bonds is 4. The summed E-state index contributed by atoms with van der Waals surface area (Å²) in [5, 5.41) is 8.15. The fourth-order valence-electron chi connectivity index (χ4n) is 3.49. The highest BCUT2D eigenvalue weighted by atomic mass is 32.1. The number of morpholine rings is 1. The van der Waals surface area contributed by atoms with E-state index in [0.717, 1.165) is 37.9 Å². The molecule has 4 rings (SSSR count). The molecule has 1 saturated heterocycles. The highest BCUT2D eigenvalue weighted by Crippen LogP contribution is 2.41. The van der Waals surface area contributed by atoms with Crippen LogP contribution in [0.1, 0.15) is 52.5 Å². The molecule has 0 radical (unpaired) electrons. The van der Waals surface area contributed by atoms with Crippen LogP contribution in [0.3, 0.4) is 0 Å². The van der Waals surface area contributed by atoms with Crippen molar-refractivity contribution in [3.05, 3.63) is 33.0 Å². The van der Waals surface area contributed by atoms with E-state index in [0.29, 0.717) is 0 Å². The molecule has 1 aliphatic heterocycles. The van der Waals surface area contributed by atoms with Gasteiger partial charge in [-0.3, -0.25) is 9.58 Å². The third-order valence-corrected chi connectivity index (χ3v) is 6.05. The van der Waals surface area contributed by atoms with Crippen molar-refractivity contribution in [1.29, 1.82) is 0 Å².